The van der Waals surface area contributed by atoms with Gasteiger partial charge in [0, 0.05) is 39.1 Å². The van der Waals surface area contributed by atoms with Crippen LogP contribution < -0.4 is 15.1 Å². The van der Waals surface area contributed by atoms with Gasteiger partial charge in [-0.25, -0.2) is 13.1 Å². The molecule has 0 spiro atoms. The number of carboxylic acid groups (broad SMARTS) is 1. The highest BCUT2D eigenvalue weighted by atomic mass is 32.2. The van der Waals surface area contributed by atoms with Crippen LogP contribution in [0.2, 0.25) is 0 Å². The summed E-state index contributed by atoms with van der Waals surface area (Å²) in [4.78, 5) is 26.8. The lowest BCUT2D eigenvalue weighted by molar-refractivity contribution is -0.307. The van der Waals surface area contributed by atoms with E-state index in [-0.39, 0.29) is 17.2 Å². The van der Waals surface area contributed by atoms with Gasteiger partial charge in [-0.15, -0.1) is 0 Å². The third kappa shape index (κ3) is 3.15. The molecule has 0 aliphatic carbocycles. The molecular formula is C22H16N3O5S-. The van der Waals surface area contributed by atoms with Crippen LogP contribution in [0.25, 0.3) is 21.7 Å². The Kier molecular flexibility index (Phi) is 4.31. The molecule has 1 amide bonds. The summed E-state index contributed by atoms with van der Waals surface area (Å²) in [6.07, 6.45) is 1.57. The molecule has 3 N–H and O–H groups in total. The Labute approximate surface area is 176 Å². The third-order valence-corrected chi connectivity index (χ3v) is 6.99. The van der Waals surface area contributed by atoms with Gasteiger partial charge in [0.1, 0.15) is 0 Å². The van der Waals surface area contributed by atoms with Crippen LogP contribution >= 0.6 is 0 Å². The summed E-state index contributed by atoms with van der Waals surface area (Å²) in [6.45, 7) is 0. The van der Waals surface area contributed by atoms with Gasteiger partial charge in [-0.3, -0.25) is 4.79 Å². The summed E-state index contributed by atoms with van der Waals surface area (Å²) in [5.41, 5.74) is 2.37. The number of aromatic nitrogens is 1. The number of rotatable bonds is 6. The fourth-order valence-corrected chi connectivity index (χ4v) is 5.43. The number of fused-ring (bicyclic) bond motifs is 1. The topological polar surface area (TPSA) is 131 Å². The molecule has 1 aliphatic rings. The fraction of sp³-hybridized carbons (Fsp3) is 0.0909. The molecular weight excluding hydrogens is 418 g/mol. The summed E-state index contributed by atoms with van der Waals surface area (Å²) in [7, 11) is -4.23. The van der Waals surface area contributed by atoms with Gasteiger partial charge in [0.2, 0.25) is 10.0 Å². The fourth-order valence-electron chi connectivity index (χ4n) is 4.04. The van der Waals surface area contributed by atoms with Gasteiger partial charge >= 0.3 is 0 Å². The average Bonchev–Trinajstić information content (AvgIpc) is 3.30. The second kappa shape index (κ2) is 6.93. The second-order valence-electron chi connectivity index (χ2n) is 7.35. The number of hydrogen-bond acceptors (Lipinski definition) is 5. The number of carbonyl (C=O) groups is 2. The van der Waals surface area contributed by atoms with Crippen LogP contribution in [0.4, 0.5) is 5.69 Å². The largest absolute Gasteiger partial charge is 0.548 e. The van der Waals surface area contributed by atoms with E-state index in [2.05, 4.69) is 15.0 Å². The van der Waals surface area contributed by atoms with Gasteiger partial charge in [-0.1, -0.05) is 30.3 Å². The molecule has 1 atom stereocenters. The zero-order chi connectivity index (χ0) is 21.8. The van der Waals surface area contributed by atoms with Crippen LogP contribution in [0.1, 0.15) is 15.9 Å². The molecule has 4 aromatic rings. The second-order valence-corrected chi connectivity index (χ2v) is 9.03. The highest BCUT2D eigenvalue weighted by Crippen LogP contribution is 2.36. The number of H-pyrrole nitrogens is 1. The minimum atomic E-state index is -4.23. The van der Waals surface area contributed by atoms with Crippen LogP contribution in [0.15, 0.2) is 65.7 Å². The maximum absolute atomic E-state index is 13.2. The molecule has 0 radical (unpaired) electrons. The van der Waals surface area contributed by atoms with E-state index >= 15 is 0 Å². The number of aromatic amines is 1. The lowest BCUT2D eigenvalue weighted by Crippen LogP contribution is -2.49. The van der Waals surface area contributed by atoms with Crippen molar-refractivity contribution in [3.8, 4) is 0 Å². The summed E-state index contributed by atoms with van der Waals surface area (Å²) >= 11 is 0. The quantitative estimate of drug-likeness (QED) is 0.424. The van der Waals surface area contributed by atoms with Gasteiger partial charge in [-0.2, -0.15) is 0 Å². The smallest absolute Gasteiger partial charge is 0.256 e. The summed E-state index contributed by atoms with van der Waals surface area (Å²) in [6, 6.07) is 13.5. The van der Waals surface area contributed by atoms with Crippen molar-refractivity contribution in [1.82, 2.24) is 9.71 Å². The molecule has 1 unspecified atom stereocenters. The normalized spacial score (nSPS) is 14.1. The van der Waals surface area contributed by atoms with Crippen molar-refractivity contribution in [3.05, 3.63) is 71.9 Å². The lowest BCUT2D eigenvalue weighted by Gasteiger charge is -2.20. The van der Waals surface area contributed by atoms with Crippen LogP contribution in [0.5, 0.6) is 0 Å². The Bertz CT molecular complexity index is 1490. The average molecular weight is 434 g/mol. The minimum Gasteiger partial charge on any atom is -0.548 e. The molecule has 156 valence electrons. The van der Waals surface area contributed by atoms with Crippen LogP contribution in [-0.2, 0) is 21.2 Å². The number of amides is 1. The minimum absolute atomic E-state index is 0.0904. The van der Waals surface area contributed by atoms with E-state index < -0.39 is 22.0 Å². The van der Waals surface area contributed by atoms with Gasteiger partial charge in [0.25, 0.3) is 5.91 Å². The maximum Gasteiger partial charge on any atom is 0.256 e. The molecule has 2 heterocycles. The summed E-state index contributed by atoms with van der Waals surface area (Å²) in [5.74, 6) is -1.84. The van der Waals surface area contributed by atoms with Crippen LogP contribution in [0.3, 0.4) is 0 Å². The lowest BCUT2D eigenvalue weighted by atomic mass is 10.1. The van der Waals surface area contributed by atoms with E-state index in [9.17, 15) is 23.1 Å². The van der Waals surface area contributed by atoms with E-state index in [4.69, 9.17) is 0 Å². The number of sulfonamides is 1. The Balaban J connectivity index is 1.53. The van der Waals surface area contributed by atoms with Crippen molar-refractivity contribution in [2.45, 2.75) is 17.4 Å². The number of benzene rings is 3. The first kappa shape index (κ1) is 19.3. The number of carbonyl (C=O) groups excluding carboxylic acids is 2. The highest BCUT2D eigenvalue weighted by molar-refractivity contribution is 7.89. The molecule has 9 heteroatoms. The maximum atomic E-state index is 13.2. The van der Waals surface area contributed by atoms with Gasteiger partial charge in [0.15, 0.2) is 0 Å². The van der Waals surface area contributed by atoms with Crippen molar-refractivity contribution in [2.75, 3.05) is 5.32 Å². The molecule has 0 saturated heterocycles. The molecule has 8 nitrogen and oxygen atoms in total. The zero-order valence-corrected chi connectivity index (χ0v) is 16.8. The third-order valence-electron chi connectivity index (χ3n) is 5.46. The molecule has 0 bridgehead atoms. The zero-order valence-electron chi connectivity index (χ0n) is 16.0. The van der Waals surface area contributed by atoms with E-state index in [1.807, 2.05) is 24.3 Å². The number of anilines is 1. The van der Waals surface area contributed by atoms with E-state index in [1.165, 1.54) is 12.1 Å². The number of aliphatic carboxylic acids is 1. The Morgan fingerprint density at radius 1 is 1.03 bits per heavy atom. The standard InChI is InChI=1S/C22H17N3O5S/c26-21-15-6-3-5-14-19(9-8-17(24-21)20(14)15)31(29,30)25-18(22(27)28)10-12-11-23-16-7-2-1-4-13(12)16/h1-9,11,18,23,25H,10H2,(H,24,26)(H,27,28)/p-1. The SMILES string of the molecule is O=C1Nc2ccc(S(=O)(=O)NC(Cc3c[nH]c4ccccc34)C(=O)[O-])c3cccc1c23. The number of nitrogens with one attached hydrogen (secondary N) is 3. The van der Waals surface area contributed by atoms with Crippen LogP contribution in [-0.4, -0.2) is 31.3 Å². The van der Waals surface area contributed by atoms with Gasteiger partial charge < -0.3 is 20.2 Å². The van der Waals surface area contributed by atoms with Crippen molar-refractivity contribution >= 4 is 49.3 Å². The van der Waals surface area contributed by atoms with Crippen molar-refractivity contribution in [3.63, 3.8) is 0 Å². The monoisotopic (exact) mass is 434 g/mol. The molecule has 0 saturated carbocycles. The van der Waals surface area contributed by atoms with Crippen molar-refractivity contribution in [1.29, 1.82) is 0 Å². The summed E-state index contributed by atoms with van der Waals surface area (Å²) < 4.78 is 28.6. The molecule has 3 aromatic carbocycles. The number of carboxylic acids is 1. The first-order chi connectivity index (χ1) is 14.8. The van der Waals surface area contributed by atoms with Gasteiger partial charge in [-0.05, 0) is 36.2 Å². The molecule has 31 heavy (non-hydrogen) atoms. The highest BCUT2D eigenvalue weighted by Gasteiger charge is 2.28. The first-order valence-corrected chi connectivity index (χ1v) is 11.0. The van der Waals surface area contributed by atoms with Gasteiger partial charge in [0.05, 0.1) is 16.9 Å². The molecule has 1 aliphatic heterocycles. The Hall–Kier alpha value is -3.69. The molecule has 0 fully saturated rings. The van der Waals surface area contributed by atoms with Crippen LogP contribution in [0, 0.1) is 0 Å². The predicted molar refractivity (Wildman–Crippen MR) is 113 cm³/mol. The first-order valence-electron chi connectivity index (χ1n) is 9.50. The Morgan fingerprint density at radius 2 is 1.81 bits per heavy atom. The Morgan fingerprint density at radius 3 is 2.61 bits per heavy atom. The van der Waals surface area contributed by atoms with E-state index in [1.54, 1.807) is 24.4 Å². The van der Waals surface area contributed by atoms with E-state index in [0.29, 0.717) is 27.6 Å². The number of hydrogen-bond donors (Lipinski definition) is 3. The predicted octanol–water partition coefficient (Wildman–Crippen LogP) is 1.53. The summed E-state index contributed by atoms with van der Waals surface area (Å²) in [5, 5.41) is 16.1. The van der Waals surface area contributed by atoms with Crippen molar-refractivity contribution in [2.24, 2.45) is 0 Å². The van der Waals surface area contributed by atoms with E-state index in [0.717, 1.165) is 10.9 Å². The molecule has 5 rings (SSSR count). The number of para-hydroxylation sites is 1. The van der Waals surface area contributed by atoms with Crippen molar-refractivity contribution < 1.29 is 23.1 Å². The molecule has 1 aromatic heterocycles.